The van der Waals surface area contributed by atoms with Crippen LogP contribution in [0.2, 0.25) is 0 Å². The zero-order valence-corrected chi connectivity index (χ0v) is 18.4. The van der Waals surface area contributed by atoms with E-state index in [9.17, 15) is 0 Å². The highest BCUT2D eigenvalue weighted by Crippen LogP contribution is 2.66. The van der Waals surface area contributed by atoms with Gasteiger partial charge in [-0.05, 0) is 99.2 Å². The SMILES string of the molecule is CCC[C@@]1(N)CCC2C3(N)CCC4(N)CC(C(C)C)CCC4C3CCC21C. The Morgan fingerprint density at radius 1 is 0.889 bits per heavy atom. The molecule has 4 rings (SSSR count). The zero-order valence-electron chi connectivity index (χ0n) is 18.4. The summed E-state index contributed by atoms with van der Waals surface area (Å²) in [5.74, 6) is 3.40. The number of hydrogen-bond donors (Lipinski definition) is 3. The van der Waals surface area contributed by atoms with Gasteiger partial charge in [-0.3, -0.25) is 0 Å². The highest BCUT2D eigenvalue weighted by atomic mass is 14.9. The first kappa shape index (κ1) is 20.2. The van der Waals surface area contributed by atoms with Crippen LogP contribution in [0.5, 0.6) is 0 Å². The van der Waals surface area contributed by atoms with E-state index in [1.807, 2.05) is 0 Å². The summed E-state index contributed by atoms with van der Waals surface area (Å²) in [5, 5.41) is 0. The summed E-state index contributed by atoms with van der Waals surface area (Å²) in [6, 6.07) is 0. The van der Waals surface area contributed by atoms with Gasteiger partial charge in [0.25, 0.3) is 0 Å². The minimum absolute atomic E-state index is 0.00366. The summed E-state index contributed by atoms with van der Waals surface area (Å²) < 4.78 is 0. The number of nitrogens with two attached hydrogens (primary N) is 3. The van der Waals surface area contributed by atoms with Crippen molar-refractivity contribution in [2.45, 2.75) is 115 Å². The molecule has 3 heteroatoms. The Balaban J connectivity index is 1.62. The van der Waals surface area contributed by atoms with Crippen LogP contribution < -0.4 is 17.2 Å². The van der Waals surface area contributed by atoms with Crippen LogP contribution in [-0.4, -0.2) is 16.6 Å². The standard InChI is InChI=1S/C24H45N3/c1-5-10-23(26)12-9-20-21(23,4)11-8-19-18-7-6-17(16(2)3)15-22(18,25)13-14-24(19,20)27/h16-20H,5-15,25-27H2,1-4H3/t17?,18?,19?,20?,21?,22?,23-,24?/m1/s1. The average Bonchev–Trinajstić information content (AvgIpc) is 2.87. The summed E-state index contributed by atoms with van der Waals surface area (Å²) in [4.78, 5) is 0. The van der Waals surface area contributed by atoms with Crippen LogP contribution in [-0.2, 0) is 0 Å². The van der Waals surface area contributed by atoms with E-state index in [4.69, 9.17) is 17.2 Å². The maximum Gasteiger partial charge on any atom is 0.0221 e. The van der Waals surface area contributed by atoms with Crippen LogP contribution in [0.15, 0.2) is 0 Å². The molecule has 0 amide bonds. The lowest BCUT2D eigenvalue weighted by atomic mass is 9.43. The molecule has 0 spiro atoms. The van der Waals surface area contributed by atoms with Gasteiger partial charge in [-0.25, -0.2) is 0 Å². The van der Waals surface area contributed by atoms with Crippen molar-refractivity contribution in [3.63, 3.8) is 0 Å². The molecule has 8 atom stereocenters. The Morgan fingerprint density at radius 2 is 1.63 bits per heavy atom. The van der Waals surface area contributed by atoms with Crippen LogP contribution in [0, 0.1) is 35.0 Å². The molecule has 0 heterocycles. The van der Waals surface area contributed by atoms with E-state index in [1.165, 1.54) is 51.4 Å². The van der Waals surface area contributed by atoms with Gasteiger partial charge in [0.1, 0.15) is 0 Å². The first-order valence-electron chi connectivity index (χ1n) is 12.0. The first-order chi connectivity index (χ1) is 12.6. The van der Waals surface area contributed by atoms with E-state index >= 15 is 0 Å². The zero-order chi connectivity index (χ0) is 19.7. The number of rotatable bonds is 3. The van der Waals surface area contributed by atoms with E-state index in [-0.39, 0.29) is 22.0 Å². The molecule has 0 aromatic carbocycles. The molecule has 7 unspecified atom stereocenters. The second kappa shape index (κ2) is 6.44. The number of fused-ring (bicyclic) bond motifs is 5. The fourth-order valence-electron chi connectivity index (χ4n) is 8.74. The van der Waals surface area contributed by atoms with E-state index in [0.29, 0.717) is 17.8 Å². The molecular weight excluding hydrogens is 330 g/mol. The number of hydrogen-bond acceptors (Lipinski definition) is 3. The minimum Gasteiger partial charge on any atom is -0.325 e. The minimum atomic E-state index is -0.0277. The Labute approximate surface area is 167 Å². The van der Waals surface area contributed by atoms with Gasteiger partial charge in [0.05, 0.1) is 0 Å². The highest BCUT2D eigenvalue weighted by Gasteiger charge is 2.67. The van der Waals surface area contributed by atoms with Gasteiger partial charge >= 0.3 is 0 Å². The largest absolute Gasteiger partial charge is 0.325 e. The summed E-state index contributed by atoms with van der Waals surface area (Å²) >= 11 is 0. The van der Waals surface area contributed by atoms with Crippen molar-refractivity contribution in [1.29, 1.82) is 0 Å². The summed E-state index contributed by atoms with van der Waals surface area (Å²) in [7, 11) is 0. The Bertz CT molecular complexity index is 576. The van der Waals surface area contributed by atoms with Crippen molar-refractivity contribution in [2.75, 3.05) is 0 Å². The predicted molar refractivity (Wildman–Crippen MR) is 114 cm³/mol. The lowest BCUT2D eigenvalue weighted by Gasteiger charge is -2.65. The molecule has 4 saturated carbocycles. The van der Waals surface area contributed by atoms with Gasteiger partial charge in [0.2, 0.25) is 0 Å². The molecule has 0 bridgehead atoms. The molecular formula is C24H45N3. The molecule has 3 nitrogen and oxygen atoms in total. The predicted octanol–water partition coefficient (Wildman–Crippen LogP) is 4.57. The molecule has 4 aliphatic rings. The summed E-state index contributed by atoms with van der Waals surface area (Å²) in [5.41, 5.74) is 21.8. The Kier molecular flexibility index (Phi) is 4.81. The second-order valence-corrected chi connectivity index (χ2v) is 11.8. The maximum absolute atomic E-state index is 7.40. The highest BCUT2D eigenvalue weighted by molar-refractivity contribution is 5.23. The van der Waals surface area contributed by atoms with Crippen molar-refractivity contribution < 1.29 is 0 Å². The molecule has 0 saturated heterocycles. The fourth-order valence-corrected chi connectivity index (χ4v) is 8.74. The van der Waals surface area contributed by atoms with Crippen molar-refractivity contribution in [1.82, 2.24) is 0 Å². The van der Waals surface area contributed by atoms with Gasteiger partial charge in [-0.2, -0.15) is 0 Å². The lowest BCUT2D eigenvalue weighted by molar-refractivity contribution is -0.101. The van der Waals surface area contributed by atoms with Crippen LogP contribution in [0.4, 0.5) is 0 Å². The third kappa shape index (κ3) is 2.70. The lowest BCUT2D eigenvalue weighted by Crippen LogP contribution is -2.72. The van der Waals surface area contributed by atoms with Crippen LogP contribution in [0.3, 0.4) is 0 Å². The maximum atomic E-state index is 7.40. The van der Waals surface area contributed by atoms with Crippen molar-refractivity contribution in [3.05, 3.63) is 0 Å². The van der Waals surface area contributed by atoms with Gasteiger partial charge in [0.15, 0.2) is 0 Å². The summed E-state index contributed by atoms with van der Waals surface area (Å²) in [6.07, 6.45) is 13.4. The molecule has 0 aliphatic heterocycles. The topological polar surface area (TPSA) is 78.1 Å². The Morgan fingerprint density at radius 3 is 2.30 bits per heavy atom. The quantitative estimate of drug-likeness (QED) is 0.676. The second-order valence-electron chi connectivity index (χ2n) is 11.8. The Hall–Kier alpha value is -0.120. The van der Waals surface area contributed by atoms with Gasteiger partial charge in [-0.15, -0.1) is 0 Å². The van der Waals surface area contributed by atoms with E-state index in [1.54, 1.807) is 0 Å². The molecule has 0 aromatic rings. The van der Waals surface area contributed by atoms with Crippen LogP contribution in [0.25, 0.3) is 0 Å². The van der Waals surface area contributed by atoms with Gasteiger partial charge < -0.3 is 17.2 Å². The van der Waals surface area contributed by atoms with Crippen LogP contribution in [0.1, 0.15) is 98.3 Å². The fraction of sp³-hybridized carbons (Fsp3) is 1.00. The molecule has 0 aromatic heterocycles. The van der Waals surface area contributed by atoms with Crippen molar-refractivity contribution in [3.8, 4) is 0 Å². The molecule has 27 heavy (non-hydrogen) atoms. The monoisotopic (exact) mass is 375 g/mol. The third-order valence-electron chi connectivity index (χ3n) is 10.5. The van der Waals surface area contributed by atoms with E-state index < -0.39 is 0 Å². The molecule has 6 N–H and O–H groups in total. The molecule has 4 fully saturated rings. The smallest absolute Gasteiger partial charge is 0.0221 e. The van der Waals surface area contributed by atoms with E-state index in [0.717, 1.165) is 31.1 Å². The summed E-state index contributed by atoms with van der Waals surface area (Å²) in [6.45, 7) is 9.53. The molecule has 0 radical (unpaired) electrons. The van der Waals surface area contributed by atoms with Crippen LogP contribution >= 0.6 is 0 Å². The first-order valence-corrected chi connectivity index (χ1v) is 12.0. The third-order valence-corrected chi connectivity index (χ3v) is 10.5. The molecule has 156 valence electrons. The van der Waals surface area contributed by atoms with Gasteiger partial charge in [-0.1, -0.05) is 34.1 Å². The van der Waals surface area contributed by atoms with E-state index in [2.05, 4.69) is 27.7 Å². The normalized spacial score (nSPS) is 55.1. The van der Waals surface area contributed by atoms with Crippen molar-refractivity contribution in [2.24, 2.45) is 52.2 Å². The average molecular weight is 376 g/mol. The van der Waals surface area contributed by atoms with Crippen molar-refractivity contribution >= 4 is 0 Å². The van der Waals surface area contributed by atoms with Gasteiger partial charge in [0, 0.05) is 16.6 Å². The molecule has 4 aliphatic carbocycles.